The molecule has 8 saturated heterocycles. The zero-order valence-electron chi connectivity index (χ0n) is 63.6. The minimum absolute atomic E-state index is 0.0656. The van der Waals surface area contributed by atoms with Gasteiger partial charge in [-0.1, -0.05) is 6.07 Å². The third kappa shape index (κ3) is 20.8. The third-order valence-corrected chi connectivity index (χ3v) is 27.7. The van der Waals surface area contributed by atoms with Crippen LogP contribution in [0.15, 0.2) is 77.7 Å². The number of thiazole rings is 4. The highest BCUT2D eigenvalue weighted by Gasteiger charge is 2.32. The van der Waals surface area contributed by atoms with Crippen molar-refractivity contribution in [1.82, 2.24) is 19.9 Å². The summed E-state index contributed by atoms with van der Waals surface area (Å²) < 4.78 is 76.9. The summed E-state index contributed by atoms with van der Waals surface area (Å²) in [7, 11) is -3.41. The maximum absolute atomic E-state index is 13.4. The van der Waals surface area contributed by atoms with Crippen molar-refractivity contribution in [3.8, 4) is 47.5 Å². The summed E-state index contributed by atoms with van der Waals surface area (Å²) in [4.78, 5) is 46.1. The molecule has 0 aliphatic carbocycles. The van der Waals surface area contributed by atoms with E-state index < -0.39 is 9.84 Å². The zero-order chi connectivity index (χ0) is 74.4. The minimum Gasteiger partial charge on any atom is -0.490 e. The number of carbonyl (C=O) groups excluding carboxylic acids is 1. The Labute approximate surface area is 648 Å². The van der Waals surface area contributed by atoms with E-state index in [1.165, 1.54) is 50.7 Å². The van der Waals surface area contributed by atoms with Gasteiger partial charge in [-0.15, -0.1) is 45.3 Å². The van der Waals surface area contributed by atoms with Crippen LogP contribution < -0.4 is 24.3 Å². The summed E-state index contributed by atoms with van der Waals surface area (Å²) in [6.45, 7) is 35.1. The first-order valence-electron chi connectivity index (χ1n) is 38.4. The van der Waals surface area contributed by atoms with Gasteiger partial charge in [0.1, 0.15) is 11.9 Å². The minimum atomic E-state index is -3.41. The highest BCUT2D eigenvalue weighted by Crippen LogP contribution is 2.41. The Hall–Kier alpha value is -6.30. The van der Waals surface area contributed by atoms with Crippen LogP contribution in [-0.4, -0.2) is 204 Å². The molecule has 8 aliphatic rings. The van der Waals surface area contributed by atoms with Crippen molar-refractivity contribution in [2.45, 2.75) is 129 Å². The predicted octanol–water partition coefficient (Wildman–Crippen LogP) is 15.1. The molecule has 8 aromatic rings. The first-order valence-corrected chi connectivity index (χ1v) is 43.2. The highest BCUT2D eigenvalue weighted by molar-refractivity contribution is 7.92. The molecule has 8 fully saturated rings. The molecule has 0 amide bonds. The second kappa shape index (κ2) is 37.6. The Morgan fingerprint density at radius 1 is 0.393 bits per heavy atom. The van der Waals surface area contributed by atoms with Crippen LogP contribution in [0.3, 0.4) is 0 Å². The number of ketones is 1. The molecule has 0 unspecified atom stereocenters. The van der Waals surface area contributed by atoms with Gasteiger partial charge in [0, 0.05) is 145 Å². The number of Topliss-reactive ketones (excluding diaryl/α,β-unsaturated/α-hetero) is 1. The van der Waals surface area contributed by atoms with Crippen LogP contribution in [0, 0.1) is 67.2 Å². The Kier molecular flexibility index (Phi) is 27.7. The molecule has 0 radical (unpaired) electrons. The summed E-state index contributed by atoms with van der Waals surface area (Å²) >= 11 is 6.85. The maximum Gasteiger partial charge on any atom is 0.181 e. The van der Waals surface area contributed by atoms with Crippen molar-refractivity contribution in [3.63, 3.8) is 0 Å². The van der Waals surface area contributed by atoms with Crippen LogP contribution in [0.1, 0.15) is 110 Å². The average molecular weight is 1560 g/mol. The number of benzene rings is 4. The molecule has 4 aromatic heterocycles. The maximum atomic E-state index is 13.4. The number of nitrogens with zero attached hydrogens (tertiary/aromatic N) is 8. The molecule has 8 aliphatic heterocycles. The van der Waals surface area contributed by atoms with Gasteiger partial charge in [0.2, 0.25) is 0 Å². The van der Waals surface area contributed by atoms with E-state index >= 15 is 0 Å². The van der Waals surface area contributed by atoms with Gasteiger partial charge in [-0.25, -0.2) is 28.4 Å². The summed E-state index contributed by atoms with van der Waals surface area (Å²) in [5.41, 5.74) is 15.6. The van der Waals surface area contributed by atoms with E-state index in [-0.39, 0.29) is 23.1 Å². The van der Waals surface area contributed by atoms with Gasteiger partial charge in [0.05, 0.1) is 139 Å². The number of aromatic nitrogens is 4. The molecule has 12 heterocycles. The van der Waals surface area contributed by atoms with Gasteiger partial charge in [-0.2, -0.15) is 0 Å². The quantitative estimate of drug-likeness (QED) is 0.0827. The molecule has 0 atom stereocenters. The lowest BCUT2D eigenvalue weighted by atomic mass is 9.89. The Morgan fingerprint density at radius 2 is 0.738 bits per heavy atom. The zero-order valence-corrected chi connectivity index (χ0v) is 67.7. The van der Waals surface area contributed by atoms with E-state index in [2.05, 4.69) is 128 Å². The lowest BCUT2D eigenvalue weighted by molar-refractivity contribution is 0.0256. The van der Waals surface area contributed by atoms with Crippen LogP contribution in [-0.2, 0) is 54.2 Å². The molecule has 107 heavy (non-hydrogen) atoms. The molecular weight excluding hydrogens is 1450 g/mol. The molecule has 20 nitrogen and oxygen atoms in total. The molecule has 16 rings (SSSR count). The van der Waals surface area contributed by atoms with Crippen LogP contribution in [0.25, 0.3) is 41.8 Å². The second-order valence-corrected chi connectivity index (χ2v) is 35.9. The number of anilines is 4. The summed E-state index contributed by atoms with van der Waals surface area (Å²) in [6, 6.07) is 25.8. The summed E-state index contributed by atoms with van der Waals surface area (Å²) in [5, 5.41) is 3.90. The Balaban J connectivity index is 0.000000126. The number of hydrogen-bond acceptors (Lipinski definition) is 24. The topological polar surface area (TPSA) is 199 Å². The lowest BCUT2D eigenvalue weighted by Crippen LogP contribution is -2.36. The summed E-state index contributed by atoms with van der Waals surface area (Å²) in [5.74, 6) is 1.99. The molecular formula is C82H106N8O12S5. The number of aryl methyl sites for hydroxylation is 8. The van der Waals surface area contributed by atoms with E-state index in [1.54, 1.807) is 45.3 Å². The number of rotatable bonds is 16. The van der Waals surface area contributed by atoms with Gasteiger partial charge in [0.15, 0.2) is 15.6 Å². The number of sulfone groups is 1. The smallest absolute Gasteiger partial charge is 0.181 e. The van der Waals surface area contributed by atoms with Crippen molar-refractivity contribution in [2.24, 2.45) is 11.8 Å². The number of carbonyl (C=O) groups is 1. The van der Waals surface area contributed by atoms with Crippen molar-refractivity contribution in [1.29, 1.82) is 0 Å². The van der Waals surface area contributed by atoms with Crippen LogP contribution in [0.2, 0.25) is 0 Å². The van der Waals surface area contributed by atoms with Gasteiger partial charge in [-0.3, -0.25) is 4.79 Å². The standard InChI is InChI=1S/C21H26N2O3S.C21H28N2O2S.C20H26N2O4S2.C20H26N2O3S/c1-14-21(27-15(2)22-14)18-11-17(20(24)16-3-7-25-8-4-16)12-19(13-18)23-5-9-26-10-6-23;1-15-21(26-16(2)22-15)19-12-18(11-17-3-7-24-8-4-17)13-20(14-19)23-5-9-25-10-6-23;1-14-20(27-15(2)21-14)16-11-17(22-5-9-26-10-6-22)13-19(12-16)28(23,24)18-3-7-25-8-4-18;1-14-20(26-15(2)21-14)16-11-17(22-5-9-24-10-6-22)13-19(12-16)25-18-3-7-23-8-4-18/h11-13,16H,3-10H2,1-2H3;12-14,17H,3-11H2,1-2H3;11-13,18H,3-10H2,1-2H3;11-13,18H,3-10H2,1-2H3. The normalized spacial score (nSPS) is 19.0. The largest absolute Gasteiger partial charge is 0.490 e. The first kappa shape index (κ1) is 78.8. The number of hydrogen-bond donors (Lipinski definition) is 0. The van der Waals surface area contributed by atoms with Gasteiger partial charge >= 0.3 is 0 Å². The van der Waals surface area contributed by atoms with Crippen molar-refractivity contribution < 1.29 is 55.8 Å². The number of morpholine rings is 4. The van der Waals surface area contributed by atoms with Gasteiger partial charge in [0.25, 0.3) is 0 Å². The summed E-state index contributed by atoms with van der Waals surface area (Å²) in [6.07, 6.45) is 8.38. The molecule has 0 spiro atoms. The van der Waals surface area contributed by atoms with Crippen LogP contribution >= 0.6 is 45.3 Å². The van der Waals surface area contributed by atoms with E-state index in [4.69, 9.17) is 42.6 Å². The molecule has 25 heteroatoms. The molecule has 576 valence electrons. The highest BCUT2D eigenvalue weighted by atomic mass is 32.2. The SMILES string of the molecule is Cc1nc(C)c(-c2cc(C(=O)C3CCOCC3)cc(N3CCOCC3)c2)s1.Cc1nc(C)c(-c2cc(CC3CCOCC3)cc(N3CCOCC3)c2)s1.Cc1nc(C)c(-c2cc(N3CCOCC3)cc(S(=O)(=O)C3CCOCC3)c2)s1.Cc1nc(C)c(-c2cc(OC3CCOCC3)cc(N3CCOCC3)c2)s1. The molecule has 0 bridgehead atoms. The Bertz CT molecular complexity index is 4230. The van der Waals surface area contributed by atoms with E-state index in [9.17, 15) is 13.2 Å². The lowest BCUT2D eigenvalue weighted by Gasteiger charge is -2.30. The molecule has 0 N–H and O–H groups in total. The average Bonchev–Trinajstić information content (AvgIpc) is 1.59. The Morgan fingerprint density at radius 3 is 1.16 bits per heavy atom. The van der Waals surface area contributed by atoms with Crippen LogP contribution in [0.4, 0.5) is 22.7 Å². The monoisotopic (exact) mass is 1550 g/mol. The fourth-order valence-electron chi connectivity index (χ4n) is 15.3. The molecule has 0 saturated carbocycles. The van der Waals surface area contributed by atoms with E-state index in [1.807, 2.05) is 39.8 Å². The van der Waals surface area contributed by atoms with Gasteiger partial charge in [-0.05, 0) is 195 Å². The van der Waals surface area contributed by atoms with Crippen molar-refractivity contribution >= 4 is 83.7 Å². The van der Waals surface area contributed by atoms with Crippen molar-refractivity contribution in [3.05, 3.63) is 127 Å². The van der Waals surface area contributed by atoms with Crippen molar-refractivity contribution in [2.75, 3.05) is 178 Å². The second-order valence-electron chi connectivity index (χ2n) is 28.9. The molecule has 4 aromatic carbocycles. The first-order chi connectivity index (χ1) is 51.9. The van der Waals surface area contributed by atoms with E-state index in [0.717, 1.165) is 243 Å². The fraction of sp³-hybridized carbons (Fsp3) is 0.549. The third-order valence-electron chi connectivity index (χ3n) is 21.0. The van der Waals surface area contributed by atoms with Crippen LogP contribution in [0.5, 0.6) is 5.75 Å². The fourth-order valence-corrected chi connectivity index (χ4v) is 20.7. The van der Waals surface area contributed by atoms with Gasteiger partial charge < -0.3 is 62.2 Å². The number of ether oxygens (including phenoxy) is 9. The van der Waals surface area contributed by atoms with E-state index in [0.29, 0.717) is 57.4 Å². The predicted molar refractivity (Wildman–Crippen MR) is 431 cm³/mol.